The van der Waals surface area contributed by atoms with Crippen LogP contribution >= 0.6 is 23.2 Å². The Morgan fingerprint density at radius 3 is 2.60 bits per heavy atom. The van der Waals surface area contributed by atoms with Gasteiger partial charge >= 0.3 is 0 Å². The zero-order chi connectivity index (χ0) is 14.3. The average molecular weight is 303 g/mol. The van der Waals surface area contributed by atoms with Crippen molar-refractivity contribution in [2.24, 2.45) is 0 Å². The highest BCUT2D eigenvalue weighted by Gasteiger charge is 2.14. The number of nitrogen functional groups attached to an aromatic ring is 1. The van der Waals surface area contributed by atoms with Crippen LogP contribution in [-0.2, 0) is 0 Å². The van der Waals surface area contributed by atoms with E-state index in [0.717, 1.165) is 0 Å². The van der Waals surface area contributed by atoms with Gasteiger partial charge in [0.15, 0.2) is 0 Å². The number of hydrogen-bond donors (Lipinski definition) is 1. The molecule has 1 heterocycles. The molecule has 2 N–H and O–H groups in total. The van der Waals surface area contributed by atoms with E-state index in [1.54, 1.807) is 34.9 Å². The molecule has 6 heteroatoms. The Labute approximate surface area is 125 Å². The van der Waals surface area contributed by atoms with Gasteiger partial charge in [0.1, 0.15) is 6.07 Å². The predicted octanol–water partition coefficient (Wildman–Crippen LogP) is 3.79. The van der Waals surface area contributed by atoms with Crippen molar-refractivity contribution >= 4 is 40.2 Å². The molecule has 3 rings (SSSR count). The summed E-state index contributed by atoms with van der Waals surface area (Å²) in [4.78, 5) is 4.26. The van der Waals surface area contributed by atoms with Crippen LogP contribution in [0.2, 0.25) is 10.0 Å². The molecule has 20 heavy (non-hydrogen) atoms. The van der Waals surface area contributed by atoms with Crippen molar-refractivity contribution in [2.75, 3.05) is 5.73 Å². The number of hydrogen-bond acceptors (Lipinski definition) is 3. The van der Waals surface area contributed by atoms with Gasteiger partial charge in [0.25, 0.3) is 0 Å². The van der Waals surface area contributed by atoms with Crippen LogP contribution in [-0.4, -0.2) is 9.55 Å². The maximum absolute atomic E-state index is 9.21. The minimum absolute atomic E-state index is 0.279. The molecule has 0 unspecified atom stereocenters. The first-order valence-electron chi connectivity index (χ1n) is 5.74. The molecule has 0 amide bonds. The monoisotopic (exact) mass is 302 g/mol. The number of halogens is 2. The van der Waals surface area contributed by atoms with Crippen LogP contribution < -0.4 is 5.73 Å². The number of rotatable bonds is 1. The van der Waals surface area contributed by atoms with E-state index in [1.807, 2.05) is 6.07 Å². The van der Waals surface area contributed by atoms with Crippen LogP contribution in [0.15, 0.2) is 36.4 Å². The predicted molar refractivity (Wildman–Crippen MR) is 80.2 cm³/mol. The summed E-state index contributed by atoms with van der Waals surface area (Å²) in [6.07, 6.45) is 0. The lowest BCUT2D eigenvalue weighted by Gasteiger charge is -2.08. The fourth-order valence-electron chi connectivity index (χ4n) is 2.11. The highest BCUT2D eigenvalue weighted by molar-refractivity contribution is 6.42. The summed E-state index contributed by atoms with van der Waals surface area (Å²) in [6.45, 7) is 0. The topological polar surface area (TPSA) is 67.6 Å². The third kappa shape index (κ3) is 1.88. The fraction of sp³-hybridized carbons (Fsp3) is 0. The van der Waals surface area contributed by atoms with Crippen molar-refractivity contribution in [1.82, 2.24) is 9.55 Å². The minimum atomic E-state index is 0.279. The average Bonchev–Trinajstić information content (AvgIpc) is 2.74. The normalized spacial score (nSPS) is 10.7. The molecule has 0 aliphatic heterocycles. The van der Waals surface area contributed by atoms with Crippen molar-refractivity contribution in [2.45, 2.75) is 0 Å². The van der Waals surface area contributed by atoms with Crippen molar-refractivity contribution in [3.05, 3.63) is 52.0 Å². The molecule has 0 atom stereocenters. The Hall–Kier alpha value is -2.22. The summed E-state index contributed by atoms with van der Waals surface area (Å²) in [5, 5.41) is 10.0. The van der Waals surface area contributed by atoms with E-state index in [0.29, 0.717) is 32.3 Å². The molecule has 4 nitrogen and oxygen atoms in total. The van der Waals surface area contributed by atoms with Crippen LogP contribution in [0.3, 0.4) is 0 Å². The molecule has 0 saturated carbocycles. The van der Waals surface area contributed by atoms with Gasteiger partial charge in [0.05, 0.1) is 32.3 Å². The molecule has 3 aromatic rings. The first kappa shape index (κ1) is 12.8. The lowest BCUT2D eigenvalue weighted by molar-refractivity contribution is 1.10. The summed E-state index contributed by atoms with van der Waals surface area (Å²) < 4.78 is 1.69. The first-order valence-corrected chi connectivity index (χ1v) is 6.50. The highest BCUT2D eigenvalue weighted by atomic mass is 35.5. The van der Waals surface area contributed by atoms with Crippen molar-refractivity contribution in [1.29, 1.82) is 5.26 Å². The number of fused-ring (bicyclic) bond motifs is 1. The van der Waals surface area contributed by atoms with Gasteiger partial charge in [-0.05, 0) is 24.3 Å². The number of benzene rings is 2. The number of anilines is 1. The van der Waals surface area contributed by atoms with Crippen molar-refractivity contribution in [3.8, 4) is 11.8 Å². The van der Waals surface area contributed by atoms with Crippen LogP contribution in [0.1, 0.15) is 5.56 Å². The number of aromatic nitrogens is 2. The maximum atomic E-state index is 9.21. The molecule has 0 aliphatic carbocycles. The lowest BCUT2D eigenvalue weighted by Crippen LogP contribution is -2.02. The van der Waals surface area contributed by atoms with Crippen LogP contribution in [0.5, 0.6) is 0 Å². The molecule has 0 saturated heterocycles. The molecular weight excluding hydrogens is 295 g/mol. The third-order valence-electron chi connectivity index (χ3n) is 2.99. The molecule has 0 aliphatic rings. The Morgan fingerprint density at radius 2 is 1.85 bits per heavy atom. The summed E-state index contributed by atoms with van der Waals surface area (Å²) in [7, 11) is 0. The smallest absolute Gasteiger partial charge is 0.205 e. The molecular formula is C14H8Cl2N4. The molecule has 98 valence electrons. The van der Waals surface area contributed by atoms with Crippen LogP contribution in [0.4, 0.5) is 5.95 Å². The van der Waals surface area contributed by atoms with Crippen LogP contribution in [0.25, 0.3) is 16.7 Å². The van der Waals surface area contributed by atoms with Gasteiger partial charge < -0.3 is 5.73 Å². The number of nitriles is 1. The van der Waals surface area contributed by atoms with E-state index >= 15 is 0 Å². The van der Waals surface area contributed by atoms with Gasteiger partial charge in [-0.1, -0.05) is 35.3 Å². The third-order valence-corrected chi connectivity index (χ3v) is 3.71. The van der Waals surface area contributed by atoms with E-state index in [2.05, 4.69) is 11.1 Å². The van der Waals surface area contributed by atoms with E-state index in [-0.39, 0.29) is 5.95 Å². The number of imidazole rings is 1. The molecule has 0 spiro atoms. The van der Waals surface area contributed by atoms with Crippen LogP contribution in [0, 0.1) is 11.3 Å². The molecule has 0 bridgehead atoms. The van der Waals surface area contributed by atoms with Gasteiger partial charge in [-0.15, -0.1) is 0 Å². The number of nitrogens with zero attached hydrogens (tertiary/aromatic N) is 3. The van der Waals surface area contributed by atoms with E-state index < -0.39 is 0 Å². The van der Waals surface area contributed by atoms with E-state index in [4.69, 9.17) is 28.9 Å². The van der Waals surface area contributed by atoms with Gasteiger partial charge in [-0.25, -0.2) is 4.98 Å². The second-order valence-corrected chi connectivity index (χ2v) is 5.00. The fourth-order valence-corrected chi connectivity index (χ4v) is 2.42. The first-order chi connectivity index (χ1) is 9.61. The number of para-hydroxylation sites is 1. The van der Waals surface area contributed by atoms with E-state index in [9.17, 15) is 5.26 Å². The lowest BCUT2D eigenvalue weighted by atomic mass is 10.2. The summed E-state index contributed by atoms with van der Waals surface area (Å²) in [6, 6.07) is 12.6. The van der Waals surface area contributed by atoms with Crippen molar-refractivity contribution < 1.29 is 0 Å². The summed E-state index contributed by atoms with van der Waals surface area (Å²) in [5.74, 6) is 0.279. The molecule has 0 radical (unpaired) electrons. The molecule has 2 aromatic carbocycles. The zero-order valence-electron chi connectivity index (χ0n) is 10.1. The van der Waals surface area contributed by atoms with Gasteiger partial charge in [-0.2, -0.15) is 5.26 Å². The Balaban J connectivity index is 2.40. The van der Waals surface area contributed by atoms with E-state index in [1.165, 1.54) is 0 Å². The Bertz CT molecular complexity index is 861. The largest absolute Gasteiger partial charge is 0.369 e. The molecule has 1 aromatic heterocycles. The highest BCUT2D eigenvalue weighted by Crippen LogP contribution is 2.31. The standard InChI is InChI=1S/C14H8Cl2N4/c15-9-5-11-13(6-10(9)16)20(14(18)19-11)12-4-2-1-3-8(12)7-17/h1-6H,(H2,18,19). The SMILES string of the molecule is N#Cc1ccccc1-n1c(N)nc2cc(Cl)c(Cl)cc21. The van der Waals surface area contributed by atoms with Gasteiger partial charge in [-0.3, -0.25) is 4.57 Å². The summed E-state index contributed by atoms with van der Waals surface area (Å²) >= 11 is 12.0. The Kier molecular flexibility index (Phi) is 3.01. The minimum Gasteiger partial charge on any atom is -0.369 e. The number of nitrogens with two attached hydrogens (primary N) is 1. The zero-order valence-corrected chi connectivity index (χ0v) is 11.7. The van der Waals surface area contributed by atoms with Crippen molar-refractivity contribution in [3.63, 3.8) is 0 Å². The van der Waals surface area contributed by atoms with Gasteiger partial charge in [0, 0.05) is 0 Å². The quantitative estimate of drug-likeness (QED) is 0.743. The second-order valence-electron chi connectivity index (χ2n) is 4.19. The second kappa shape index (κ2) is 4.71. The summed E-state index contributed by atoms with van der Waals surface area (Å²) in [5.41, 5.74) is 8.47. The Morgan fingerprint density at radius 1 is 1.15 bits per heavy atom. The maximum Gasteiger partial charge on any atom is 0.205 e. The van der Waals surface area contributed by atoms with Gasteiger partial charge in [0.2, 0.25) is 5.95 Å². The molecule has 0 fully saturated rings.